The van der Waals surface area contributed by atoms with Crippen LogP contribution in [0.15, 0.2) is 114 Å². The molecule has 9 heteroatoms. The van der Waals surface area contributed by atoms with Gasteiger partial charge in [0.1, 0.15) is 12.6 Å². The molecule has 0 radical (unpaired) electrons. The lowest BCUT2D eigenvalue weighted by Crippen LogP contribution is -2.54. The summed E-state index contributed by atoms with van der Waals surface area (Å²) >= 11 is 6.44. The normalized spacial score (nSPS) is 12.6. The molecule has 0 aromatic heterocycles. The number of halogens is 1. The standard InChI is InChI=1S/C35H38ClN3O4S/c1-4-26(2)37-35(41)33(23-28-15-8-5-9-16-28)38(24-29-17-10-6-11-18-29)34(40)25-39(32-22-14-21-31(36)27(32)3)44(42,43)30-19-12-7-13-20-30/h5-22,26,33H,4,23-25H2,1-3H3,(H,37,41)/t26-,33-/m1/s1. The van der Waals surface area contributed by atoms with E-state index in [2.05, 4.69) is 5.32 Å². The van der Waals surface area contributed by atoms with Crippen LogP contribution in [0.2, 0.25) is 5.02 Å². The molecular weight excluding hydrogens is 594 g/mol. The van der Waals surface area contributed by atoms with E-state index < -0.39 is 28.5 Å². The number of anilines is 1. The predicted octanol–water partition coefficient (Wildman–Crippen LogP) is 6.40. The number of hydrogen-bond acceptors (Lipinski definition) is 4. The molecule has 0 aliphatic carbocycles. The van der Waals surface area contributed by atoms with E-state index in [4.69, 9.17) is 11.6 Å². The number of carbonyl (C=O) groups excluding carboxylic acids is 2. The highest BCUT2D eigenvalue weighted by molar-refractivity contribution is 7.92. The molecule has 4 aromatic carbocycles. The fourth-order valence-corrected chi connectivity index (χ4v) is 6.54. The number of nitrogens with zero attached hydrogens (tertiary/aromatic N) is 2. The van der Waals surface area contributed by atoms with Crippen LogP contribution in [0.25, 0.3) is 0 Å². The van der Waals surface area contributed by atoms with Gasteiger partial charge in [0.2, 0.25) is 11.8 Å². The molecule has 2 atom stereocenters. The van der Waals surface area contributed by atoms with Crippen LogP contribution in [0, 0.1) is 6.92 Å². The fourth-order valence-electron chi connectivity index (χ4n) is 4.87. The van der Waals surface area contributed by atoms with Crippen LogP contribution in [-0.2, 0) is 32.6 Å². The summed E-state index contributed by atoms with van der Waals surface area (Å²) < 4.78 is 29.3. The minimum absolute atomic E-state index is 0.0390. The number of carbonyl (C=O) groups is 2. The third-order valence-corrected chi connectivity index (χ3v) is 9.77. The van der Waals surface area contributed by atoms with Crippen LogP contribution in [0.3, 0.4) is 0 Å². The SMILES string of the molecule is CC[C@@H](C)NC(=O)[C@@H](Cc1ccccc1)N(Cc1ccccc1)C(=O)CN(c1cccc(Cl)c1C)S(=O)(=O)c1ccccc1. The maximum Gasteiger partial charge on any atom is 0.264 e. The zero-order valence-electron chi connectivity index (χ0n) is 25.2. The van der Waals surface area contributed by atoms with Crippen LogP contribution in [-0.4, -0.2) is 43.8 Å². The second-order valence-corrected chi connectivity index (χ2v) is 13.0. The van der Waals surface area contributed by atoms with Gasteiger partial charge in [-0.1, -0.05) is 103 Å². The van der Waals surface area contributed by atoms with Crippen LogP contribution in [0.1, 0.15) is 37.0 Å². The van der Waals surface area contributed by atoms with E-state index in [1.54, 1.807) is 43.3 Å². The number of benzene rings is 4. The molecule has 0 aliphatic rings. The zero-order chi connectivity index (χ0) is 31.7. The molecule has 4 aromatic rings. The Morgan fingerprint density at radius 2 is 1.39 bits per heavy atom. The smallest absolute Gasteiger partial charge is 0.264 e. The van der Waals surface area contributed by atoms with E-state index in [0.717, 1.165) is 15.4 Å². The van der Waals surface area contributed by atoms with Crippen molar-refractivity contribution in [1.82, 2.24) is 10.2 Å². The number of hydrogen-bond donors (Lipinski definition) is 1. The van der Waals surface area contributed by atoms with Gasteiger partial charge in [0.15, 0.2) is 0 Å². The molecular formula is C35H38ClN3O4S. The average molecular weight is 632 g/mol. The number of nitrogens with one attached hydrogen (secondary N) is 1. The Kier molecular flexibility index (Phi) is 11.2. The molecule has 230 valence electrons. The van der Waals surface area contributed by atoms with Crippen molar-refractivity contribution in [3.8, 4) is 0 Å². The highest BCUT2D eigenvalue weighted by atomic mass is 35.5. The summed E-state index contributed by atoms with van der Waals surface area (Å²) in [5.41, 5.74) is 2.50. The number of rotatable bonds is 13. The highest BCUT2D eigenvalue weighted by Crippen LogP contribution is 2.31. The Morgan fingerprint density at radius 1 is 0.818 bits per heavy atom. The van der Waals surface area contributed by atoms with E-state index in [9.17, 15) is 18.0 Å². The van der Waals surface area contributed by atoms with E-state index in [-0.39, 0.29) is 35.5 Å². The van der Waals surface area contributed by atoms with Crippen LogP contribution >= 0.6 is 11.6 Å². The van der Waals surface area contributed by atoms with Crippen molar-refractivity contribution in [3.05, 3.63) is 131 Å². The maximum absolute atomic E-state index is 14.5. The molecule has 44 heavy (non-hydrogen) atoms. The Hall–Kier alpha value is -4.14. The van der Waals surface area contributed by atoms with Gasteiger partial charge in [-0.05, 0) is 61.2 Å². The first-order chi connectivity index (χ1) is 21.1. The van der Waals surface area contributed by atoms with Gasteiger partial charge in [-0.15, -0.1) is 0 Å². The predicted molar refractivity (Wildman–Crippen MR) is 176 cm³/mol. The van der Waals surface area contributed by atoms with Gasteiger partial charge in [-0.25, -0.2) is 8.42 Å². The molecule has 4 rings (SSSR count). The lowest BCUT2D eigenvalue weighted by molar-refractivity contribution is -0.140. The molecule has 0 fully saturated rings. The minimum atomic E-state index is -4.20. The van der Waals surface area contributed by atoms with E-state index >= 15 is 0 Å². The minimum Gasteiger partial charge on any atom is -0.352 e. The van der Waals surface area contributed by atoms with Crippen LogP contribution < -0.4 is 9.62 Å². The largest absolute Gasteiger partial charge is 0.352 e. The molecule has 7 nitrogen and oxygen atoms in total. The van der Waals surface area contributed by atoms with Crippen molar-refractivity contribution < 1.29 is 18.0 Å². The summed E-state index contributed by atoms with van der Waals surface area (Å²) in [5.74, 6) is -0.822. The number of amides is 2. The van der Waals surface area contributed by atoms with Crippen LogP contribution in [0.5, 0.6) is 0 Å². The monoisotopic (exact) mass is 631 g/mol. The van der Waals surface area contributed by atoms with Crippen LogP contribution in [0.4, 0.5) is 5.69 Å². The van der Waals surface area contributed by atoms with Gasteiger partial charge in [0.05, 0.1) is 10.6 Å². The third-order valence-electron chi connectivity index (χ3n) is 7.59. The summed E-state index contributed by atoms with van der Waals surface area (Å²) in [6.45, 7) is 5.18. The Morgan fingerprint density at radius 3 is 1.98 bits per heavy atom. The molecule has 0 saturated carbocycles. The van der Waals surface area contributed by atoms with Crippen molar-refractivity contribution in [2.45, 2.75) is 57.1 Å². The lowest BCUT2D eigenvalue weighted by Gasteiger charge is -2.34. The molecule has 2 amide bonds. The van der Waals surface area contributed by atoms with Gasteiger partial charge in [0, 0.05) is 24.0 Å². The molecule has 0 spiro atoms. The number of sulfonamides is 1. The Balaban J connectivity index is 1.82. The lowest BCUT2D eigenvalue weighted by atomic mass is 10.0. The summed E-state index contributed by atoms with van der Waals surface area (Å²) in [6.07, 6.45) is 0.969. The first-order valence-corrected chi connectivity index (χ1v) is 16.4. The summed E-state index contributed by atoms with van der Waals surface area (Å²) in [4.78, 5) is 29.9. The van der Waals surface area contributed by atoms with Crippen molar-refractivity contribution >= 4 is 39.1 Å². The van der Waals surface area contributed by atoms with E-state index in [0.29, 0.717) is 17.0 Å². The highest BCUT2D eigenvalue weighted by Gasteiger charge is 2.35. The topological polar surface area (TPSA) is 86.8 Å². The van der Waals surface area contributed by atoms with E-state index in [1.165, 1.54) is 17.0 Å². The van der Waals surface area contributed by atoms with Gasteiger partial charge < -0.3 is 10.2 Å². The van der Waals surface area contributed by atoms with Crippen molar-refractivity contribution in [2.75, 3.05) is 10.8 Å². The summed E-state index contributed by atoms with van der Waals surface area (Å²) in [7, 11) is -4.20. The zero-order valence-corrected chi connectivity index (χ0v) is 26.8. The van der Waals surface area contributed by atoms with Gasteiger partial charge >= 0.3 is 0 Å². The Labute approximate surface area is 265 Å². The summed E-state index contributed by atoms with van der Waals surface area (Å²) in [5, 5.41) is 3.42. The van der Waals surface area contributed by atoms with Gasteiger partial charge in [-0.3, -0.25) is 13.9 Å². The van der Waals surface area contributed by atoms with Crippen molar-refractivity contribution in [1.29, 1.82) is 0 Å². The first-order valence-electron chi connectivity index (χ1n) is 14.6. The van der Waals surface area contributed by atoms with Crippen molar-refractivity contribution in [3.63, 3.8) is 0 Å². The second-order valence-electron chi connectivity index (χ2n) is 10.7. The molecule has 0 unspecified atom stereocenters. The quantitative estimate of drug-likeness (QED) is 0.185. The summed E-state index contributed by atoms with van der Waals surface area (Å²) in [6, 6.07) is 30.8. The van der Waals surface area contributed by atoms with Gasteiger partial charge in [-0.2, -0.15) is 0 Å². The maximum atomic E-state index is 14.5. The second kappa shape index (κ2) is 15.0. The molecule has 1 N–H and O–H groups in total. The molecule has 0 heterocycles. The molecule has 0 bridgehead atoms. The van der Waals surface area contributed by atoms with Gasteiger partial charge in [0.25, 0.3) is 10.0 Å². The average Bonchev–Trinajstić information content (AvgIpc) is 3.04. The van der Waals surface area contributed by atoms with Crippen molar-refractivity contribution in [2.24, 2.45) is 0 Å². The third kappa shape index (κ3) is 8.07. The Bertz CT molecular complexity index is 1650. The fraction of sp³-hybridized carbons (Fsp3) is 0.257. The first kappa shape index (κ1) is 32.8. The molecule has 0 aliphatic heterocycles. The molecule has 0 saturated heterocycles. The van der Waals surface area contributed by atoms with E-state index in [1.807, 2.05) is 74.5 Å².